The van der Waals surface area contributed by atoms with Gasteiger partial charge in [0.15, 0.2) is 0 Å². The summed E-state index contributed by atoms with van der Waals surface area (Å²) in [4.78, 5) is 66.0. The molecule has 0 saturated heterocycles. The Labute approximate surface area is 317 Å². The Morgan fingerprint density at radius 3 is 1.74 bits per heavy atom. The number of benzene rings is 3. The van der Waals surface area contributed by atoms with Gasteiger partial charge in [0.1, 0.15) is 42.1 Å². The van der Waals surface area contributed by atoms with Gasteiger partial charge in [0.25, 0.3) is 0 Å². The van der Waals surface area contributed by atoms with Crippen LogP contribution in [-0.2, 0) is 53.0 Å². The molecule has 0 aliphatic carbocycles. The van der Waals surface area contributed by atoms with Crippen molar-refractivity contribution in [2.24, 2.45) is 5.92 Å². The molecule has 13 nitrogen and oxygen atoms in total. The number of ether oxygens (including phenoxy) is 4. The summed E-state index contributed by atoms with van der Waals surface area (Å²) in [6.45, 7) is 10.7. The van der Waals surface area contributed by atoms with E-state index in [2.05, 4.69) is 21.3 Å². The number of nitrogens with one attached hydrogen (secondary N) is 4. The average Bonchev–Trinajstić information content (AvgIpc) is 3.13. The Morgan fingerprint density at radius 2 is 1.19 bits per heavy atom. The van der Waals surface area contributed by atoms with Crippen molar-refractivity contribution in [3.63, 3.8) is 0 Å². The van der Waals surface area contributed by atoms with Crippen molar-refractivity contribution in [1.82, 2.24) is 21.3 Å². The summed E-state index contributed by atoms with van der Waals surface area (Å²) in [5.41, 5.74) is 1.70. The molecule has 13 heteroatoms. The zero-order valence-electron chi connectivity index (χ0n) is 32.2. The van der Waals surface area contributed by atoms with E-state index < -0.39 is 59.6 Å². The van der Waals surface area contributed by atoms with E-state index in [1.165, 1.54) is 14.0 Å². The van der Waals surface area contributed by atoms with Crippen LogP contribution in [0, 0.1) is 5.92 Å². The predicted octanol–water partition coefficient (Wildman–Crippen LogP) is 4.61. The van der Waals surface area contributed by atoms with Crippen molar-refractivity contribution in [3.05, 3.63) is 102 Å². The van der Waals surface area contributed by atoms with E-state index in [-0.39, 0.29) is 25.6 Å². The molecule has 0 aliphatic heterocycles. The van der Waals surface area contributed by atoms with Crippen LogP contribution in [-0.4, -0.2) is 73.3 Å². The zero-order chi connectivity index (χ0) is 39.7. The van der Waals surface area contributed by atoms with Crippen LogP contribution < -0.4 is 26.0 Å². The number of alkyl carbamates (subject to hydrolysis) is 1. The Bertz CT molecular complexity index is 1640. The monoisotopic (exact) mass is 746 g/mol. The average molecular weight is 747 g/mol. The summed E-state index contributed by atoms with van der Waals surface area (Å²) in [5.74, 6) is -1.91. The number of hydrogen-bond acceptors (Lipinski definition) is 9. The smallest absolute Gasteiger partial charge is 0.408 e. The Morgan fingerprint density at radius 1 is 0.630 bits per heavy atom. The number of amides is 4. The SMILES string of the molecule is COC(=O)[C@@H](CC(C)C)NC(=O)[C@@H](C)NC(=O)[C@H](Cc1ccc(OCc2ccccc2)cc1)NC(=O)[C@H](COCc1ccccc1)NC(=O)OC(C)(C)C. The van der Waals surface area contributed by atoms with Gasteiger partial charge in [-0.05, 0) is 68.9 Å². The molecule has 0 heterocycles. The normalized spacial score (nSPS) is 13.4. The van der Waals surface area contributed by atoms with Gasteiger partial charge in [-0.25, -0.2) is 9.59 Å². The van der Waals surface area contributed by atoms with Crippen LogP contribution >= 0.6 is 0 Å². The maximum Gasteiger partial charge on any atom is 0.408 e. The highest BCUT2D eigenvalue weighted by molar-refractivity contribution is 5.94. The van der Waals surface area contributed by atoms with Crippen molar-refractivity contribution in [1.29, 1.82) is 0 Å². The van der Waals surface area contributed by atoms with Crippen molar-refractivity contribution < 1.29 is 42.9 Å². The first-order valence-electron chi connectivity index (χ1n) is 18.0. The minimum atomic E-state index is -1.25. The Kier molecular flexibility index (Phi) is 17.0. The van der Waals surface area contributed by atoms with Crippen molar-refractivity contribution in [2.45, 2.75) is 97.4 Å². The molecule has 54 heavy (non-hydrogen) atoms. The lowest BCUT2D eigenvalue weighted by atomic mass is 10.0. The van der Waals surface area contributed by atoms with Gasteiger partial charge in [-0.3, -0.25) is 14.4 Å². The largest absolute Gasteiger partial charge is 0.489 e. The predicted molar refractivity (Wildman–Crippen MR) is 203 cm³/mol. The van der Waals surface area contributed by atoms with Crippen LogP contribution in [0.4, 0.5) is 4.79 Å². The van der Waals surface area contributed by atoms with E-state index >= 15 is 0 Å². The van der Waals surface area contributed by atoms with Crippen LogP contribution in [0.2, 0.25) is 0 Å². The number of carbonyl (C=O) groups excluding carboxylic acids is 5. The van der Waals surface area contributed by atoms with Gasteiger partial charge in [0.05, 0.1) is 20.3 Å². The summed E-state index contributed by atoms with van der Waals surface area (Å²) < 4.78 is 22.0. The minimum absolute atomic E-state index is 0.0209. The zero-order valence-corrected chi connectivity index (χ0v) is 32.2. The van der Waals surface area contributed by atoms with E-state index in [0.29, 0.717) is 24.3 Å². The number of methoxy groups -OCH3 is 1. The van der Waals surface area contributed by atoms with Crippen LogP contribution in [0.15, 0.2) is 84.9 Å². The number of rotatable bonds is 19. The Hall–Kier alpha value is -5.43. The van der Waals surface area contributed by atoms with Crippen molar-refractivity contribution in [3.8, 4) is 5.75 Å². The fourth-order valence-electron chi connectivity index (χ4n) is 5.19. The van der Waals surface area contributed by atoms with Gasteiger partial charge in [0, 0.05) is 6.42 Å². The second-order valence-corrected chi connectivity index (χ2v) is 14.3. The van der Waals surface area contributed by atoms with Gasteiger partial charge in [0.2, 0.25) is 17.7 Å². The molecule has 4 N–H and O–H groups in total. The number of esters is 1. The molecule has 3 aromatic carbocycles. The fourth-order valence-corrected chi connectivity index (χ4v) is 5.19. The summed E-state index contributed by atoms with van der Waals surface area (Å²) in [7, 11) is 1.24. The van der Waals surface area contributed by atoms with E-state index in [1.807, 2.05) is 74.5 Å². The lowest BCUT2D eigenvalue weighted by Crippen LogP contribution is -2.58. The van der Waals surface area contributed by atoms with Gasteiger partial charge < -0.3 is 40.2 Å². The van der Waals surface area contributed by atoms with Gasteiger partial charge in [-0.2, -0.15) is 0 Å². The van der Waals surface area contributed by atoms with E-state index in [4.69, 9.17) is 18.9 Å². The molecule has 0 aromatic heterocycles. The molecule has 0 bridgehead atoms. The second-order valence-electron chi connectivity index (χ2n) is 14.3. The number of hydrogen-bond donors (Lipinski definition) is 4. The minimum Gasteiger partial charge on any atom is -0.489 e. The quantitative estimate of drug-likeness (QED) is 0.128. The van der Waals surface area contributed by atoms with Crippen LogP contribution in [0.25, 0.3) is 0 Å². The molecule has 0 aliphatic rings. The highest BCUT2D eigenvalue weighted by atomic mass is 16.6. The molecule has 3 aromatic rings. The second kappa shape index (κ2) is 21.3. The molecule has 3 rings (SSSR count). The van der Waals surface area contributed by atoms with E-state index in [0.717, 1.165) is 11.1 Å². The summed E-state index contributed by atoms with van der Waals surface area (Å²) in [5, 5.41) is 10.6. The standard InChI is InChI=1S/C41H54N4O9/c1-27(2)22-34(39(49)51-7)44-36(46)28(3)42-37(47)33(23-29-18-20-32(21-19-29)53-25-31-16-12-9-13-17-31)43-38(48)35(45-40(50)54-41(4,5)6)26-52-24-30-14-10-8-11-15-30/h8-21,27-28,33-35H,22-26H2,1-7H3,(H,42,47)(H,43,48)(H,44,46)(H,45,50)/t28-,33+,34-,35+/m1/s1. The highest BCUT2D eigenvalue weighted by Crippen LogP contribution is 2.16. The first kappa shape index (κ1) is 43.0. The van der Waals surface area contributed by atoms with Crippen molar-refractivity contribution >= 4 is 29.8 Å². The van der Waals surface area contributed by atoms with Gasteiger partial charge in [-0.1, -0.05) is 86.6 Å². The topological polar surface area (TPSA) is 170 Å². The molecule has 292 valence electrons. The lowest BCUT2D eigenvalue weighted by molar-refractivity contribution is -0.145. The maximum absolute atomic E-state index is 13.8. The van der Waals surface area contributed by atoms with Gasteiger partial charge in [-0.15, -0.1) is 0 Å². The molecular formula is C41H54N4O9. The van der Waals surface area contributed by atoms with Crippen LogP contribution in [0.3, 0.4) is 0 Å². The number of carbonyl (C=O) groups is 5. The molecule has 0 spiro atoms. The summed E-state index contributed by atoms with van der Waals surface area (Å²) in [6, 6.07) is 21.6. The molecule has 4 atom stereocenters. The van der Waals surface area contributed by atoms with Gasteiger partial charge >= 0.3 is 12.1 Å². The van der Waals surface area contributed by atoms with Crippen LogP contribution in [0.1, 0.15) is 64.7 Å². The van der Waals surface area contributed by atoms with Crippen LogP contribution in [0.5, 0.6) is 5.75 Å². The molecule has 4 amide bonds. The Balaban J connectivity index is 1.81. The summed E-state index contributed by atoms with van der Waals surface area (Å²) >= 11 is 0. The van der Waals surface area contributed by atoms with Crippen molar-refractivity contribution in [2.75, 3.05) is 13.7 Å². The lowest BCUT2D eigenvalue weighted by Gasteiger charge is -2.26. The third kappa shape index (κ3) is 15.7. The first-order valence-corrected chi connectivity index (χ1v) is 18.0. The fraction of sp³-hybridized carbons (Fsp3) is 0.439. The maximum atomic E-state index is 13.8. The molecule has 0 unspecified atom stereocenters. The van der Waals surface area contributed by atoms with E-state index in [9.17, 15) is 24.0 Å². The van der Waals surface area contributed by atoms with E-state index in [1.54, 1.807) is 45.0 Å². The third-order valence-electron chi connectivity index (χ3n) is 7.91. The third-order valence-corrected chi connectivity index (χ3v) is 7.91. The highest BCUT2D eigenvalue weighted by Gasteiger charge is 2.31. The molecule has 0 radical (unpaired) electrons. The molecule has 0 saturated carbocycles. The summed E-state index contributed by atoms with van der Waals surface area (Å²) in [6.07, 6.45) is -0.487. The molecular weight excluding hydrogens is 692 g/mol. The first-order chi connectivity index (χ1) is 25.6. The molecule has 0 fully saturated rings.